The van der Waals surface area contributed by atoms with E-state index in [0.717, 1.165) is 52.6 Å². The van der Waals surface area contributed by atoms with E-state index in [4.69, 9.17) is 9.97 Å². The maximum Gasteiger partial charge on any atom is 0.234 e. The Bertz CT molecular complexity index is 1270. The number of nitrogens with zero attached hydrogens (tertiary/aromatic N) is 2. The topological polar surface area (TPSA) is 84.0 Å². The van der Waals surface area contributed by atoms with Crippen LogP contribution in [0.5, 0.6) is 0 Å². The number of anilines is 2. The predicted octanol–water partition coefficient (Wildman–Crippen LogP) is 6.08. The molecule has 2 aromatic heterocycles. The van der Waals surface area contributed by atoms with Gasteiger partial charge in [-0.15, -0.1) is 11.3 Å². The van der Waals surface area contributed by atoms with Crippen LogP contribution in [0.2, 0.25) is 0 Å². The molecule has 8 heteroatoms. The van der Waals surface area contributed by atoms with E-state index >= 15 is 0 Å². The Morgan fingerprint density at radius 2 is 1.97 bits per heavy atom. The summed E-state index contributed by atoms with van der Waals surface area (Å²) in [4.78, 5) is 37.0. The second kappa shape index (κ2) is 9.66. The molecule has 1 aromatic carbocycles. The molecular formula is C26H30N4O2S2. The lowest BCUT2D eigenvalue weighted by molar-refractivity contribution is -0.116. The zero-order valence-corrected chi connectivity index (χ0v) is 21.5. The van der Waals surface area contributed by atoms with Crippen LogP contribution in [0.4, 0.5) is 11.4 Å². The van der Waals surface area contributed by atoms with Crippen LogP contribution in [0.1, 0.15) is 67.3 Å². The van der Waals surface area contributed by atoms with Gasteiger partial charge in [-0.05, 0) is 68.2 Å². The van der Waals surface area contributed by atoms with Gasteiger partial charge < -0.3 is 10.6 Å². The molecule has 0 saturated heterocycles. The quantitative estimate of drug-likeness (QED) is 0.307. The van der Waals surface area contributed by atoms with Gasteiger partial charge in [0.1, 0.15) is 15.7 Å². The summed E-state index contributed by atoms with van der Waals surface area (Å²) >= 11 is 3.33. The van der Waals surface area contributed by atoms with Gasteiger partial charge in [-0.2, -0.15) is 0 Å². The molecule has 2 aliphatic carbocycles. The third-order valence-electron chi connectivity index (χ3n) is 6.54. The third kappa shape index (κ3) is 4.98. The average molecular weight is 495 g/mol. The van der Waals surface area contributed by atoms with Gasteiger partial charge in [-0.25, -0.2) is 9.97 Å². The Morgan fingerprint density at radius 1 is 1.15 bits per heavy atom. The minimum absolute atomic E-state index is 0.0464. The van der Waals surface area contributed by atoms with Crippen molar-refractivity contribution in [3.05, 3.63) is 40.0 Å². The maximum atomic E-state index is 12.8. The normalized spacial score (nSPS) is 17.4. The van der Waals surface area contributed by atoms with Crippen LogP contribution in [-0.2, 0) is 22.4 Å². The largest absolute Gasteiger partial charge is 0.326 e. The van der Waals surface area contributed by atoms with E-state index in [0.29, 0.717) is 23.9 Å². The summed E-state index contributed by atoms with van der Waals surface area (Å²) in [7, 11) is 0. The number of aromatic nitrogens is 2. The number of benzene rings is 1. The average Bonchev–Trinajstić information content (AvgIpc) is 3.60. The van der Waals surface area contributed by atoms with Crippen LogP contribution in [0.15, 0.2) is 23.2 Å². The first-order chi connectivity index (χ1) is 16.4. The molecule has 0 aliphatic heterocycles. The number of amides is 2. The Balaban J connectivity index is 1.34. The Hall–Kier alpha value is -2.45. The van der Waals surface area contributed by atoms with E-state index in [1.54, 1.807) is 0 Å². The van der Waals surface area contributed by atoms with Crippen LogP contribution in [0.25, 0.3) is 10.2 Å². The van der Waals surface area contributed by atoms with Gasteiger partial charge >= 0.3 is 0 Å². The molecule has 178 valence electrons. The van der Waals surface area contributed by atoms with E-state index in [1.807, 2.05) is 43.4 Å². The molecule has 1 fully saturated rings. The fourth-order valence-corrected chi connectivity index (χ4v) is 6.67. The molecular weight excluding hydrogens is 464 g/mol. The van der Waals surface area contributed by atoms with Crippen molar-refractivity contribution in [1.29, 1.82) is 0 Å². The predicted molar refractivity (Wildman–Crippen MR) is 140 cm³/mol. The van der Waals surface area contributed by atoms with E-state index in [-0.39, 0.29) is 17.6 Å². The zero-order chi connectivity index (χ0) is 23.8. The van der Waals surface area contributed by atoms with Gasteiger partial charge in [0, 0.05) is 34.0 Å². The molecule has 1 atom stereocenters. The summed E-state index contributed by atoms with van der Waals surface area (Å²) in [6.45, 7) is 6.07. The minimum atomic E-state index is -0.0842. The number of thiophene rings is 1. The number of aryl methyl sites for hydroxylation is 2. The SMILES string of the molecule is CCC(=O)Nc1cc(NC(=O)CSc2nc(C3CC3)nc3sc4c(c23)CCC(C)C4)ccc1C. The maximum absolute atomic E-state index is 12.8. The third-order valence-corrected chi connectivity index (χ3v) is 8.66. The van der Waals surface area contributed by atoms with E-state index in [1.165, 1.54) is 34.0 Å². The molecule has 2 amide bonds. The lowest BCUT2D eigenvalue weighted by Crippen LogP contribution is -2.15. The van der Waals surface area contributed by atoms with E-state index in [9.17, 15) is 9.59 Å². The van der Waals surface area contributed by atoms with Crippen molar-refractivity contribution in [2.45, 2.75) is 70.2 Å². The van der Waals surface area contributed by atoms with Crippen molar-refractivity contribution in [3.8, 4) is 0 Å². The van der Waals surface area contributed by atoms with Gasteiger partial charge in [0.2, 0.25) is 11.8 Å². The Kier molecular flexibility index (Phi) is 6.62. The molecule has 1 unspecified atom stereocenters. The number of rotatable bonds is 7. The Labute approximate surface area is 208 Å². The summed E-state index contributed by atoms with van der Waals surface area (Å²) < 4.78 is 0. The number of thioether (sulfide) groups is 1. The van der Waals surface area contributed by atoms with Crippen molar-refractivity contribution in [3.63, 3.8) is 0 Å². The molecule has 0 radical (unpaired) electrons. The van der Waals surface area contributed by atoms with Crippen molar-refractivity contribution in [2.24, 2.45) is 5.92 Å². The summed E-state index contributed by atoms with van der Waals surface area (Å²) in [6.07, 6.45) is 6.10. The lowest BCUT2D eigenvalue weighted by Gasteiger charge is -2.18. The smallest absolute Gasteiger partial charge is 0.234 e. The zero-order valence-electron chi connectivity index (χ0n) is 19.9. The summed E-state index contributed by atoms with van der Waals surface area (Å²) in [5.74, 6) is 2.27. The van der Waals surface area contributed by atoms with Crippen LogP contribution in [-0.4, -0.2) is 27.5 Å². The summed E-state index contributed by atoms with van der Waals surface area (Å²) in [6, 6.07) is 5.59. The van der Waals surface area contributed by atoms with Gasteiger partial charge in [0.05, 0.1) is 5.75 Å². The highest BCUT2D eigenvalue weighted by atomic mass is 32.2. The standard InChI is InChI=1S/C26H30N4O2S2/c1-4-21(31)28-19-12-17(9-6-15(19)3)27-22(32)13-33-25-23-18-10-5-14(2)11-20(18)34-26(23)30-24(29-25)16-7-8-16/h6,9,12,14,16H,4-5,7-8,10-11,13H2,1-3H3,(H,27,32)(H,28,31). The minimum Gasteiger partial charge on any atom is -0.326 e. The highest BCUT2D eigenvalue weighted by Gasteiger charge is 2.30. The molecule has 2 N–H and O–H groups in total. The molecule has 5 rings (SSSR count). The van der Waals surface area contributed by atoms with Crippen LogP contribution >= 0.6 is 23.1 Å². The van der Waals surface area contributed by atoms with Crippen molar-refractivity contribution >= 4 is 56.5 Å². The second-order valence-electron chi connectivity index (χ2n) is 9.46. The van der Waals surface area contributed by atoms with Gasteiger partial charge in [0.25, 0.3) is 0 Å². The number of carbonyl (C=O) groups is 2. The first-order valence-electron chi connectivity index (χ1n) is 12.1. The fraction of sp³-hybridized carbons (Fsp3) is 0.462. The summed E-state index contributed by atoms with van der Waals surface area (Å²) in [5.41, 5.74) is 3.76. The molecule has 6 nitrogen and oxygen atoms in total. The van der Waals surface area contributed by atoms with Crippen molar-refractivity contribution < 1.29 is 9.59 Å². The second-order valence-corrected chi connectivity index (χ2v) is 11.5. The molecule has 2 heterocycles. The van der Waals surface area contributed by atoms with Crippen molar-refractivity contribution in [1.82, 2.24) is 9.97 Å². The van der Waals surface area contributed by atoms with Gasteiger partial charge in [-0.3, -0.25) is 9.59 Å². The number of nitrogens with one attached hydrogen (secondary N) is 2. The molecule has 1 saturated carbocycles. The molecule has 0 bridgehead atoms. The monoisotopic (exact) mass is 494 g/mol. The first kappa shape index (κ1) is 23.3. The Morgan fingerprint density at radius 3 is 2.74 bits per heavy atom. The first-order valence-corrected chi connectivity index (χ1v) is 13.9. The van der Waals surface area contributed by atoms with Crippen LogP contribution in [0.3, 0.4) is 0 Å². The lowest BCUT2D eigenvalue weighted by atomic mass is 9.89. The molecule has 2 aliphatic rings. The van der Waals surface area contributed by atoms with E-state index < -0.39 is 0 Å². The van der Waals surface area contributed by atoms with Gasteiger partial charge in [-0.1, -0.05) is 31.7 Å². The van der Waals surface area contributed by atoms with E-state index in [2.05, 4.69) is 17.6 Å². The number of hydrogen-bond acceptors (Lipinski definition) is 6. The van der Waals surface area contributed by atoms with Gasteiger partial charge in [0.15, 0.2) is 0 Å². The van der Waals surface area contributed by atoms with Crippen LogP contribution in [0, 0.1) is 12.8 Å². The number of carbonyl (C=O) groups excluding carboxylic acids is 2. The van der Waals surface area contributed by atoms with Crippen molar-refractivity contribution in [2.75, 3.05) is 16.4 Å². The molecule has 0 spiro atoms. The highest BCUT2D eigenvalue weighted by molar-refractivity contribution is 8.00. The fourth-order valence-electron chi connectivity index (χ4n) is 4.36. The summed E-state index contributed by atoms with van der Waals surface area (Å²) in [5, 5.41) is 8.00. The molecule has 3 aromatic rings. The van der Waals surface area contributed by atoms with Crippen LogP contribution < -0.4 is 10.6 Å². The highest BCUT2D eigenvalue weighted by Crippen LogP contribution is 2.44. The molecule has 34 heavy (non-hydrogen) atoms. The number of fused-ring (bicyclic) bond motifs is 3. The number of hydrogen-bond donors (Lipinski definition) is 2.